The van der Waals surface area contributed by atoms with E-state index in [-0.39, 0.29) is 0 Å². The molecule has 1 N–H and O–H groups in total. The lowest BCUT2D eigenvalue weighted by molar-refractivity contribution is 0.0584. The second-order valence-corrected chi connectivity index (χ2v) is 7.80. The molecule has 0 aliphatic carbocycles. The zero-order valence-corrected chi connectivity index (χ0v) is 19.2. The first kappa shape index (κ1) is 21.5. The molecule has 34 heavy (non-hydrogen) atoms. The molecule has 0 bridgehead atoms. The first-order valence-electron chi connectivity index (χ1n) is 11.1. The first-order chi connectivity index (χ1) is 16.6. The summed E-state index contributed by atoms with van der Waals surface area (Å²) in [5.41, 5.74) is 5.96. The lowest BCUT2D eigenvalue weighted by atomic mass is 9.98. The maximum atomic E-state index is 12.7. The van der Waals surface area contributed by atoms with Gasteiger partial charge in [0.25, 0.3) is 0 Å². The molecule has 0 aliphatic heterocycles. The number of methoxy groups -OCH3 is 1. The van der Waals surface area contributed by atoms with Crippen molar-refractivity contribution in [3.05, 3.63) is 71.2 Å². The van der Waals surface area contributed by atoms with Crippen molar-refractivity contribution >= 4 is 11.6 Å². The molecule has 0 amide bonds. The molecule has 0 saturated heterocycles. The van der Waals surface area contributed by atoms with Gasteiger partial charge >= 0.3 is 5.97 Å². The fraction of sp³-hybridized carbons (Fsp3) is 0.250. The molecule has 0 unspecified atom stereocenters. The molecule has 5 aromatic rings. The minimum Gasteiger partial charge on any atom is -0.464 e. The summed E-state index contributed by atoms with van der Waals surface area (Å²) in [6, 6.07) is 16.1. The number of fused-ring (bicyclic) bond motifs is 1. The zero-order chi connectivity index (χ0) is 23.7. The Morgan fingerprint density at radius 3 is 2.44 bits per heavy atom. The van der Waals surface area contributed by atoms with Crippen LogP contribution in [0.15, 0.2) is 48.5 Å². The Balaban J connectivity index is 1.54. The quantitative estimate of drug-likeness (QED) is 0.373. The molecule has 2 aromatic carbocycles. The number of carbonyl (C=O) groups excluding carboxylic acids is 1. The molecule has 3 aromatic heterocycles. The van der Waals surface area contributed by atoms with Gasteiger partial charge in [-0.15, -0.1) is 15.3 Å². The molecule has 0 atom stereocenters. The number of nitrogens with zero attached hydrogens (tertiary/aromatic N) is 7. The largest absolute Gasteiger partial charge is 0.464 e. The van der Waals surface area contributed by atoms with E-state index >= 15 is 0 Å². The number of aromatic nitrogens is 8. The molecule has 0 aliphatic rings. The Labute approximate surface area is 195 Å². The molecule has 0 fully saturated rings. The number of esters is 1. The number of H-pyrrole nitrogens is 1. The topological polar surface area (TPSA) is 116 Å². The fourth-order valence-electron chi connectivity index (χ4n) is 4.17. The van der Waals surface area contributed by atoms with E-state index in [1.54, 1.807) is 4.63 Å². The van der Waals surface area contributed by atoms with Gasteiger partial charge < -0.3 is 4.74 Å². The van der Waals surface area contributed by atoms with Crippen LogP contribution in [-0.2, 0) is 24.1 Å². The lowest BCUT2D eigenvalue weighted by Gasteiger charge is -2.11. The molecule has 172 valence electrons. The van der Waals surface area contributed by atoms with Crippen molar-refractivity contribution < 1.29 is 9.53 Å². The van der Waals surface area contributed by atoms with Crippen molar-refractivity contribution in [2.24, 2.45) is 0 Å². The number of carbonyl (C=O) groups is 1. The number of benzene rings is 2. The predicted molar refractivity (Wildman–Crippen MR) is 125 cm³/mol. The summed E-state index contributed by atoms with van der Waals surface area (Å²) in [7, 11) is 1.39. The van der Waals surface area contributed by atoms with Crippen molar-refractivity contribution in [3.63, 3.8) is 0 Å². The van der Waals surface area contributed by atoms with E-state index in [9.17, 15) is 4.79 Å². The van der Waals surface area contributed by atoms with E-state index in [0.717, 1.165) is 33.6 Å². The van der Waals surface area contributed by atoms with E-state index in [4.69, 9.17) is 4.74 Å². The number of hydrogen-bond acceptors (Lipinski definition) is 7. The number of nitrogens with one attached hydrogen (secondary N) is 1. The Kier molecular flexibility index (Phi) is 5.62. The number of rotatable bonds is 7. The Morgan fingerprint density at radius 1 is 1.03 bits per heavy atom. The van der Waals surface area contributed by atoms with Crippen LogP contribution in [0, 0.1) is 0 Å². The maximum Gasteiger partial charge on any atom is 0.356 e. The van der Waals surface area contributed by atoms with Gasteiger partial charge in [-0.3, -0.25) is 4.68 Å². The molecule has 5 rings (SSSR count). The summed E-state index contributed by atoms with van der Waals surface area (Å²) >= 11 is 0. The summed E-state index contributed by atoms with van der Waals surface area (Å²) in [5.74, 6) is 0.887. The molecule has 0 saturated carbocycles. The highest BCUT2D eigenvalue weighted by atomic mass is 16.5. The van der Waals surface area contributed by atoms with Crippen LogP contribution in [0.4, 0.5) is 0 Å². The number of ether oxygens (including phenoxy) is 1. The monoisotopic (exact) mass is 456 g/mol. The molecule has 0 spiro atoms. The normalized spacial score (nSPS) is 11.3. The van der Waals surface area contributed by atoms with Gasteiger partial charge in [-0.25, -0.2) is 9.78 Å². The average Bonchev–Trinajstić information content (AvgIpc) is 3.61. The van der Waals surface area contributed by atoms with Crippen LogP contribution in [0.1, 0.15) is 41.3 Å². The summed E-state index contributed by atoms with van der Waals surface area (Å²) in [4.78, 5) is 17.3. The van der Waals surface area contributed by atoms with Crippen molar-refractivity contribution in [2.75, 3.05) is 7.11 Å². The minimum absolute atomic E-state index is 0.396. The van der Waals surface area contributed by atoms with Gasteiger partial charge in [0.2, 0.25) is 5.82 Å². The van der Waals surface area contributed by atoms with Crippen LogP contribution in [-0.4, -0.2) is 53.1 Å². The van der Waals surface area contributed by atoms with Gasteiger partial charge in [-0.05, 0) is 28.3 Å². The van der Waals surface area contributed by atoms with Crippen molar-refractivity contribution in [3.8, 4) is 22.5 Å². The third kappa shape index (κ3) is 3.62. The molecule has 10 nitrogen and oxygen atoms in total. The summed E-state index contributed by atoms with van der Waals surface area (Å²) < 4.78 is 8.66. The highest BCUT2D eigenvalue weighted by Crippen LogP contribution is 2.30. The lowest BCUT2D eigenvalue weighted by Crippen LogP contribution is -2.17. The zero-order valence-electron chi connectivity index (χ0n) is 19.2. The molecular weight excluding hydrogens is 432 g/mol. The summed E-state index contributed by atoms with van der Waals surface area (Å²) in [5, 5.41) is 19.0. The van der Waals surface area contributed by atoms with E-state index in [1.807, 2.05) is 67.1 Å². The number of aryl methyl sites for hydroxylation is 2. The van der Waals surface area contributed by atoms with Crippen molar-refractivity contribution in [1.29, 1.82) is 0 Å². The van der Waals surface area contributed by atoms with E-state index in [2.05, 4.69) is 30.7 Å². The standard InChI is InChI=1S/C24H24N8O2/c1-4-17-21(24(33)34-3)31(32-23(17)25-20(5-2)28-32)14-15-10-12-16(13-11-15)18-8-6-7-9-19(18)22-26-29-30-27-22/h6-13H,4-5,14H2,1-3H3,(H,26,27,29,30). The third-order valence-corrected chi connectivity index (χ3v) is 5.84. The molecule has 10 heteroatoms. The SMILES string of the molecule is CCc1nc2c(CC)c(C(=O)OC)n(Cc3ccc(-c4ccccc4-c4nn[nH]n4)cc3)n2n1. The minimum atomic E-state index is -0.396. The van der Waals surface area contributed by atoms with Gasteiger partial charge in [-0.2, -0.15) is 9.84 Å². The Bertz CT molecular complexity index is 1450. The molecule has 3 heterocycles. The van der Waals surface area contributed by atoms with Gasteiger partial charge in [0, 0.05) is 17.5 Å². The Hall–Kier alpha value is -4.34. The van der Waals surface area contributed by atoms with Crippen LogP contribution in [0.2, 0.25) is 0 Å². The maximum absolute atomic E-state index is 12.7. The van der Waals surface area contributed by atoms with Crippen LogP contribution in [0.3, 0.4) is 0 Å². The Morgan fingerprint density at radius 2 is 1.79 bits per heavy atom. The summed E-state index contributed by atoms with van der Waals surface area (Å²) in [6.07, 6.45) is 1.36. The number of aromatic amines is 1. The predicted octanol–water partition coefficient (Wildman–Crippen LogP) is 3.34. The third-order valence-electron chi connectivity index (χ3n) is 5.84. The smallest absolute Gasteiger partial charge is 0.356 e. The van der Waals surface area contributed by atoms with Gasteiger partial charge in [0.1, 0.15) is 0 Å². The number of tetrazole rings is 1. The highest BCUT2D eigenvalue weighted by molar-refractivity contribution is 5.91. The fourth-order valence-corrected chi connectivity index (χ4v) is 4.17. The van der Waals surface area contributed by atoms with E-state index in [0.29, 0.717) is 36.6 Å². The van der Waals surface area contributed by atoms with Crippen LogP contribution < -0.4 is 0 Å². The molecule has 0 radical (unpaired) electrons. The molecular formula is C24H24N8O2. The van der Waals surface area contributed by atoms with Crippen LogP contribution in [0.5, 0.6) is 0 Å². The van der Waals surface area contributed by atoms with E-state index < -0.39 is 5.97 Å². The summed E-state index contributed by atoms with van der Waals surface area (Å²) in [6.45, 7) is 4.46. The number of hydrogen-bond donors (Lipinski definition) is 1. The van der Waals surface area contributed by atoms with E-state index in [1.165, 1.54) is 7.11 Å². The first-order valence-corrected chi connectivity index (χ1v) is 11.1. The second-order valence-electron chi connectivity index (χ2n) is 7.80. The highest BCUT2D eigenvalue weighted by Gasteiger charge is 2.25. The van der Waals surface area contributed by atoms with Crippen molar-refractivity contribution in [2.45, 2.75) is 33.2 Å². The van der Waals surface area contributed by atoms with Gasteiger partial charge in [0.05, 0.1) is 13.7 Å². The van der Waals surface area contributed by atoms with Gasteiger partial charge in [0.15, 0.2) is 17.2 Å². The average molecular weight is 457 g/mol. The van der Waals surface area contributed by atoms with Crippen LogP contribution in [0.25, 0.3) is 28.2 Å². The van der Waals surface area contributed by atoms with Crippen LogP contribution >= 0.6 is 0 Å². The van der Waals surface area contributed by atoms with Gasteiger partial charge in [-0.1, -0.05) is 62.4 Å². The second kappa shape index (κ2) is 8.89. The van der Waals surface area contributed by atoms with Crippen molar-refractivity contribution in [1.82, 2.24) is 40.0 Å².